The van der Waals surface area contributed by atoms with Crippen molar-refractivity contribution in [2.75, 3.05) is 0 Å². The maximum atomic E-state index is 10.6. The van der Waals surface area contributed by atoms with Crippen LogP contribution < -0.4 is 0 Å². The molecule has 0 amide bonds. The summed E-state index contributed by atoms with van der Waals surface area (Å²) in [6, 6.07) is 31.4. The Kier molecular flexibility index (Phi) is 6.26. The van der Waals surface area contributed by atoms with E-state index >= 15 is 0 Å². The predicted octanol–water partition coefficient (Wildman–Crippen LogP) is 9.31. The summed E-state index contributed by atoms with van der Waals surface area (Å²) < 4.78 is 0. The highest BCUT2D eigenvalue weighted by molar-refractivity contribution is 5.96. The largest absolute Gasteiger partial charge is 0.506 e. The number of azo groups is 2. The van der Waals surface area contributed by atoms with Crippen molar-refractivity contribution < 1.29 is 20.4 Å². The molecule has 0 heterocycles. The molecule has 6 rings (SSSR count). The van der Waals surface area contributed by atoms with E-state index in [1.165, 1.54) is 12.1 Å². The average Bonchev–Trinajstić information content (AvgIpc) is 2.97. The van der Waals surface area contributed by atoms with Gasteiger partial charge in [-0.05, 0) is 58.3 Å². The van der Waals surface area contributed by atoms with Crippen molar-refractivity contribution >= 4 is 44.3 Å². The first-order valence-corrected chi connectivity index (χ1v) is 12.4. The Balaban J connectivity index is 1.26. The molecular weight excluding hydrogens is 504 g/mol. The van der Waals surface area contributed by atoms with E-state index in [1.54, 1.807) is 48.5 Å². The number of rotatable bonds is 5. The zero-order valence-corrected chi connectivity index (χ0v) is 21.0. The molecule has 0 aliphatic rings. The van der Waals surface area contributed by atoms with E-state index in [2.05, 4.69) is 20.5 Å². The van der Waals surface area contributed by atoms with E-state index in [0.717, 1.165) is 21.5 Å². The second-order valence-electron chi connectivity index (χ2n) is 9.12. The molecule has 4 N–H and O–H groups in total. The number of phenolic OH excluding ortho intramolecular Hbond substituents is 4. The Morgan fingerprint density at radius 1 is 0.375 bits per heavy atom. The van der Waals surface area contributed by atoms with Gasteiger partial charge in [-0.1, -0.05) is 72.8 Å². The molecule has 0 radical (unpaired) electrons. The number of phenols is 4. The first-order chi connectivity index (χ1) is 19.5. The number of hydrogen-bond donors (Lipinski definition) is 4. The number of benzene rings is 6. The van der Waals surface area contributed by atoms with Crippen LogP contribution in [0.25, 0.3) is 32.7 Å². The predicted molar refractivity (Wildman–Crippen MR) is 155 cm³/mol. The summed E-state index contributed by atoms with van der Waals surface area (Å²) in [5.74, 6) is -0.254. The SMILES string of the molecule is Oc1cc(-c2ccc(N=Nc3c(O)ccc4ccccc34)c(O)c2)ccc1N=Nc1c(O)ccc2ccccc12. The summed E-state index contributed by atoms with van der Waals surface area (Å²) in [4.78, 5) is 0. The van der Waals surface area contributed by atoms with Gasteiger partial charge in [-0.2, -0.15) is 0 Å². The lowest BCUT2D eigenvalue weighted by molar-refractivity contribution is 0.474. The van der Waals surface area contributed by atoms with Gasteiger partial charge < -0.3 is 20.4 Å². The van der Waals surface area contributed by atoms with Crippen LogP contribution in [0.5, 0.6) is 23.0 Å². The monoisotopic (exact) mass is 526 g/mol. The fourth-order valence-electron chi connectivity index (χ4n) is 4.48. The summed E-state index contributed by atoms with van der Waals surface area (Å²) in [7, 11) is 0. The molecule has 0 bridgehead atoms. The zero-order chi connectivity index (χ0) is 27.6. The molecule has 0 spiro atoms. The molecule has 0 unspecified atom stereocenters. The molecule has 8 nitrogen and oxygen atoms in total. The van der Waals surface area contributed by atoms with Gasteiger partial charge in [-0.3, -0.25) is 0 Å². The Labute approximate surface area is 228 Å². The normalized spacial score (nSPS) is 11.7. The average molecular weight is 527 g/mol. The third kappa shape index (κ3) is 4.65. The first kappa shape index (κ1) is 24.6. The van der Waals surface area contributed by atoms with Gasteiger partial charge in [0.05, 0.1) is 0 Å². The number of nitrogens with zero attached hydrogens (tertiary/aromatic N) is 4. The summed E-state index contributed by atoms with van der Waals surface area (Å²) in [6.45, 7) is 0. The highest BCUT2D eigenvalue weighted by Gasteiger charge is 2.11. The molecule has 0 fully saturated rings. The summed E-state index contributed by atoms with van der Waals surface area (Å²) >= 11 is 0. The lowest BCUT2D eigenvalue weighted by atomic mass is 10.0. The third-order valence-corrected chi connectivity index (χ3v) is 6.56. The van der Waals surface area contributed by atoms with E-state index in [9.17, 15) is 20.4 Å². The molecule has 194 valence electrons. The van der Waals surface area contributed by atoms with Crippen molar-refractivity contribution in [1.29, 1.82) is 0 Å². The van der Waals surface area contributed by atoms with Gasteiger partial charge in [0, 0.05) is 10.8 Å². The lowest BCUT2D eigenvalue weighted by Gasteiger charge is -2.07. The van der Waals surface area contributed by atoms with Crippen LogP contribution in [-0.4, -0.2) is 20.4 Å². The number of fused-ring (bicyclic) bond motifs is 2. The van der Waals surface area contributed by atoms with Crippen LogP contribution in [-0.2, 0) is 0 Å². The molecule has 0 saturated heterocycles. The Hall–Kier alpha value is -5.76. The number of aromatic hydroxyl groups is 4. The standard InChI is InChI=1S/C32H22N4O4/c37-27-15-11-19-5-1-3-7-23(19)31(27)35-33-25-13-9-21(17-29(25)39)22-10-14-26(30(40)18-22)34-36-32-24-8-4-2-6-20(24)12-16-28(32)38/h1-18,37-40H. The summed E-state index contributed by atoms with van der Waals surface area (Å²) in [5, 5.41) is 61.8. The van der Waals surface area contributed by atoms with E-state index < -0.39 is 0 Å². The fraction of sp³-hybridized carbons (Fsp3) is 0. The summed E-state index contributed by atoms with van der Waals surface area (Å²) in [6.07, 6.45) is 0. The van der Waals surface area contributed by atoms with Gasteiger partial charge in [-0.25, -0.2) is 0 Å². The van der Waals surface area contributed by atoms with Crippen LogP contribution in [0.3, 0.4) is 0 Å². The van der Waals surface area contributed by atoms with Crippen LogP contribution >= 0.6 is 0 Å². The highest BCUT2D eigenvalue weighted by atomic mass is 16.3. The highest BCUT2D eigenvalue weighted by Crippen LogP contribution is 2.41. The molecule has 6 aromatic rings. The Bertz CT molecular complexity index is 1820. The van der Waals surface area contributed by atoms with Crippen LogP contribution in [0.15, 0.2) is 130 Å². The quantitative estimate of drug-likeness (QED) is 0.167. The minimum absolute atomic E-state index is 0.0121. The van der Waals surface area contributed by atoms with Crippen molar-refractivity contribution in [1.82, 2.24) is 0 Å². The van der Waals surface area contributed by atoms with Gasteiger partial charge in [0.25, 0.3) is 0 Å². The van der Waals surface area contributed by atoms with E-state index in [1.807, 2.05) is 48.5 Å². The lowest BCUT2D eigenvalue weighted by Crippen LogP contribution is -1.79. The molecule has 8 heteroatoms. The maximum absolute atomic E-state index is 10.6. The number of hydrogen-bond acceptors (Lipinski definition) is 8. The van der Waals surface area contributed by atoms with Crippen molar-refractivity contribution in [3.8, 4) is 34.1 Å². The zero-order valence-electron chi connectivity index (χ0n) is 21.0. The fourth-order valence-corrected chi connectivity index (χ4v) is 4.48. The molecule has 6 aromatic carbocycles. The minimum Gasteiger partial charge on any atom is -0.506 e. The first-order valence-electron chi connectivity index (χ1n) is 12.4. The Morgan fingerprint density at radius 2 is 0.800 bits per heavy atom. The van der Waals surface area contributed by atoms with Crippen LogP contribution in [0, 0.1) is 0 Å². The van der Waals surface area contributed by atoms with Crippen LogP contribution in [0.4, 0.5) is 22.7 Å². The van der Waals surface area contributed by atoms with Crippen molar-refractivity contribution in [2.24, 2.45) is 20.5 Å². The molecule has 0 atom stereocenters. The van der Waals surface area contributed by atoms with E-state index in [-0.39, 0.29) is 34.4 Å². The van der Waals surface area contributed by atoms with Gasteiger partial charge in [-0.15, -0.1) is 20.5 Å². The molecule has 0 aliphatic carbocycles. The Morgan fingerprint density at radius 3 is 1.23 bits per heavy atom. The van der Waals surface area contributed by atoms with Gasteiger partial charge in [0.2, 0.25) is 0 Å². The topological polar surface area (TPSA) is 130 Å². The van der Waals surface area contributed by atoms with Gasteiger partial charge in [0.15, 0.2) is 0 Å². The molecule has 0 aliphatic heterocycles. The maximum Gasteiger partial charge on any atom is 0.143 e. The van der Waals surface area contributed by atoms with Crippen LogP contribution in [0.1, 0.15) is 0 Å². The van der Waals surface area contributed by atoms with Gasteiger partial charge in [0.1, 0.15) is 45.7 Å². The smallest absolute Gasteiger partial charge is 0.143 e. The summed E-state index contributed by atoms with van der Waals surface area (Å²) in [5.41, 5.74) is 2.34. The molecule has 0 saturated carbocycles. The van der Waals surface area contributed by atoms with E-state index in [4.69, 9.17) is 0 Å². The van der Waals surface area contributed by atoms with Crippen molar-refractivity contribution in [3.05, 3.63) is 109 Å². The molecular formula is C32H22N4O4. The van der Waals surface area contributed by atoms with Crippen molar-refractivity contribution in [3.63, 3.8) is 0 Å². The molecule has 0 aromatic heterocycles. The van der Waals surface area contributed by atoms with Crippen molar-refractivity contribution in [2.45, 2.75) is 0 Å². The van der Waals surface area contributed by atoms with Gasteiger partial charge >= 0.3 is 0 Å². The third-order valence-electron chi connectivity index (χ3n) is 6.56. The minimum atomic E-state index is -0.115. The van der Waals surface area contributed by atoms with Crippen LogP contribution in [0.2, 0.25) is 0 Å². The second kappa shape index (κ2) is 10.2. The molecule has 40 heavy (non-hydrogen) atoms. The van der Waals surface area contributed by atoms with E-state index in [0.29, 0.717) is 22.5 Å². The second-order valence-corrected chi connectivity index (χ2v) is 9.12.